The van der Waals surface area contributed by atoms with Crippen LogP contribution in [0.2, 0.25) is 0 Å². The van der Waals surface area contributed by atoms with Gasteiger partial charge in [0.05, 0.1) is 5.56 Å². The zero-order valence-electron chi connectivity index (χ0n) is 8.63. The van der Waals surface area contributed by atoms with Gasteiger partial charge in [-0.3, -0.25) is 0 Å². The number of ether oxygens (including phenoxy) is 1. The summed E-state index contributed by atoms with van der Waals surface area (Å²) >= 11 is 1.91. The average molecular weight is 314 g/mol. The lowest BCUT2D eigenvalue weighted by molar-refractivity contribution is 0.0556. The van der Waals surface area contributed by atoms with Gasteiger partial charge in [0.2, 0.25) is 0 Å². The Morgan fingerprint density at radius 2 is 2.13 bits per heavy atom. The number of esters is 1. The van der Waals surface area contributed by atoms with Crippen LogP contribution in [0.3, 0.4) is 0 Å². The smallest absolute Gasteiger partial charge is 0.339 e. The maximum absolute atomic E-state index is 11.5. The predicted octanol–water partition coefficient (Wildman–Crippen LogP) is 2.86. The predicted molar refractivity (Wildman–Crippen MR) is 68.0 cm³/mol. The third-order valence-corrected chi connectivity index (χ3v) is 2.47. The van der Waals surface area contributed by atoms with Gasteiger partial charge in [-0.2, -0.15) is 0 Å². The summed E-state index contributed by atoms with van der Waals surface area (Å²) in [6, 6.07) is 5.51. The van der Waals surface area contributed by atoms with Crippen molar-refractivity contribution in [1.82, 2.24) is 0 Å². The Morgan fingerprint density at radius 3 is 2.73 bits per heavy atom. The quantitative estimate of drug-likeness (QED) is 0.477. The first-order chi connectivity index (χ1) is 7.15. The van der Waals surface area contributed by atoms with Crippen LogP contribution in [0.5, 0.6) is 0 Å². The molecule has 0 fully saturated rings. The van der Waals surface area contributed by atoms with Gasteiger partial charge in [-0.1, -0.05) is 12.0 Å². The molecule has 0 heterocycles. The van der Waals surface area contributed by atoms with Crippen molar-refractivity contribution in [2.24, 2.45) is 0 Å². The maximum Gasteiger partial charge on any atom is 0.339 e. The highest BCUT2D eigenvalue weighted by Crippen LogP contribution is 2.10. The van der Waals surface area contributed by atoms with Crippen LogP contribution in [0.4, 0.5) is 0 Å². The molecule has 0 amide bonds. The standard InChI is InChI=1S/C12H11IO2/c1-9-4-5-11(8-10(9)2)12(14)15-7-3-6-13/h4-5,8H,7H2,1-2H3. The second-order valence-corrected chi connectivity index (χ2v) is 3.69. The molecule has 15 heavy (non-hydrogen) atoms. The lowest BCUT2D eigenvalue weighted by atomic mass is 10.1. The lowest BCUT2D eigenvalue weighted by Crippen LogP contribution is -2.05. The monoisotopic (exact) mass is 314 g/mol. The van der Waals surface area contributed by atoms with E-state index in [4.69, 9.17) is 4.74 Å². The zero-order valence-corrected chi connectivity index (χ0v) is 10.8. The Labute approximate surface area is 103 Å². The van der Waals surface area contributed by atoms with E-state index < -0.39 is 0 Å². The normalized spacial score (nSPS) is 9.00. The molecule has 0 aliphatic rings. The van der Waals surface area contributed by atoms with E-state index in [0.29, 0.717) is 5.56 Å². The molecule has 0 aliphatic carbocycles. The minimum Gasteiger partial charge on any atom is -0.449 e. The van der Waals surface area contributed by atoms with Gasteiger partial charge in [0.1, 0.15) is 0 Å². The number of carbonyl (C=O) groups is 1. The third kappa shape index (κ3) is 3.56. The Hall–Kier alpha value is -1.02. The summed E-state index contributed by atoms with van der Waals surface area (Å²) in [5.74, 6) is 2.35. The van der Waals surface area contributed by atoms with Crippen LogP contribution < -0.4 is 0 Å². The molecule has 0 saturated heterocycles. The molecule has 1 aromatic rings. The van der Waals surface area contributed by atoms with Crippen LogP contribution in [0, 0.1) is 23.7 Å². The molecule has 0 aliphatic heterocycles. The van der Waals surface area contributed by atoms with Gasteiger partial charge in [0.25, 0.3) is 0 Å². The summed E-state index contributed by atoms with van der Waals surface area (Å²) in [5, 5.41) is 0. The average Bonchev–Trinajstić information content (AvgIpc) is 2.22. The molecule has 0 saturated carbocycles. The molecule has 0 N–H and O–H groups in total. The van der Waals surface area contributed by atoms with Gasteiger partial charge in [-0.05, 0) is 41.0 Å². The summed E-state index contributed by atoms with van der Waals surface area (Å²) in [5.41, 5.74) is 2.83. The molecule has 0 aromatic heterocycles. The highest BCUT2D eigenvalue weighted by atomic mass is 127. The van der Waals surface area contributed by atoms with Crippen LogP contribution in [0.15, 0.2) is 18.2 Å². The molecule has 0 bridgehead atoms. The van der Waals surface area contributed by atoms with Crippen molar-refractivity contribution in [1.29, 1.82) is 0 Å². The van der Waals surface area contributed by atoms with Crippen LogP contribution >= 0.6 is 22.6 Å². The van der Waals surface area contributed by atoms with Crippen LogP contribution in [0.25, 0.3) is 0 Å². The summed E-state index contributed by atoms with van der Waals surface area (Å²) in [6.45, 7) is 4.12. The van der Waals surface area contributed by atoms with E-state index in [1.165, 1.54) is 5.56 Å². The topological polar surface area (TPSA) is 26.3 Å². The summed E-state index contributed by atoms with van der Waals surface area (Å²) in [4.78, 5) is 11.5. The Bertz CT molecular complexity index is 427. The molecule has 1 rings (SSSR count). The summed E-state index contributed by atoms with van der Waals surface area (Å²) < 4.78 is 7.58. The van der Waals surface area contributed by atoms with Gasteiger partial charge < -0.3 is 4.74 Å². The fourth-order valence-corrected chi connectivity index (χ4v) is 1.24. The number of hydrogen-bond acceptors (Lipinski definition) is 2. The minimum absolute atomic E-state index is 0.148. The second kappa shape index (κ2) is 5.76. The van der Waals surface area contributed by atoms with Crippen molar-refractivity contribution in [3.63, 3.8) is 0 Å². The van der Waals surface area contributed by atoms with Crippen molar-refractivity contribution in [2.75, 3.05) is 6.61 Å². The van der Waals surface area contributed by atoms with E-state index in [1.54, 1.807) is 6.07 Å². The van der Waals surface area contributed by atoms with Crippen molar-refractivity contribution in [3.8, 4) is 9.85 Å². The lowest BCUT2D eigenvalue weighted by Gasteiger charge is -2.04. The number of halogens is 1. The SMILES string of the molecule is Cc1ccc(C(=O)OCC#CI)cc1C. The van der Waals surface area contributed by atoms with Crippen LogP contribution in [-0.2, 0) is 4.74 Å². The van der Waals surface area contributed by atoms with Crippen molar-refractivity contribution >= 4 is 28.6 Å². The molecule has 0 unspecified atom stereocenters. The summed E-state index contributed by atoms with van der Waals surface area (Å²) in [6.07, 6.45) is 0. The van der Waals surface area contributed by atoms with Gasteiger partial charge in [0, 0.05) is 22.6 Å². The number of aryl methyl sites for hydroxylation is 2. The molecule has 2 nitrogen and oxygen atoms in total. The van der Waals surface area contributed by atoms with Crippen molar-refractivity contribution in [3.05, 3.63) is 34.9 Å². The molecular weight excluding hydrogens is 303 g/mol. The summed E-state index contributed by atoms with van der Waals surface area (Å²) in [7, 11) is 0. The first-order valence-electron chi connectivity index (χ1n) is 4.48. The first kappa shape index (κ1) is 12.1. The number of carbonyl (C=O) groups excluding carboxylic acids is 1. The number of hydrogen-bond donors (Lipinski definition) is 0. The largest absolute Gasteiger partial charge is 0.449 e. The molecular formula is C12H11IO2. The minimum atomic E-state index is -0.322. The highest BCUT2D eigenvalue weighted by molar-refractivity contribution is 14.1. The van der Waals surface area contributed by atoms with Crippen LogP contribution in [-0.4, -0.2) is 12.6 Å². The van der Waals surface area contributed by atoms with Crippen molar-refractivity contribution in [2.45, 2.75) is 13.8 Å². The Kier molecular flexibility index (Phi) is 4.63. The first-order valence-corrected chi connectivity index (χ1v) is 5.56. The van der Waals surface area contributed by atoms with E-state index >= 15 is 0 Å². The van der Waals surface area contributed by atoms with Crippen LogP contribution in [0.1, 0.15) is 21.5 Å². The van der Waals surface area contributed by atoms with E-state index in [1.807, 2.05) is 48.6 Å². The van der Waals surface area contributed by atoms with E-state index in [0.717, 1.165) is 5.56 Å². The molecule has 0 radical (unpaired) electrons. The van der Waals surface area contributed by atoms with Gasteiger partial charge in [0.15, 0.2) is 6.61 Å². The van der Waals surface area contributed by atoms with Crippen molar-refractivity contribution < 1.29 is 9.53 Å². The van der Waals surface area contributed by atoms with Gasteiger partial charge in [-0.15, -0.1) is 0 Å². The molecule has 0 spiro atoms. The molecule has 78 valence electrons. The maximum atomic E-state index is 11.5. The number of benzene rings is 1. The van der Waals surface area contributed by atoms with Gasteiger partial charge >= 0.3 is 5.97 Å². The second-order valence-electron chi connectivity index (χ2n) is 3.15. The van der Waals surface area contributed by atoms with E-state index in [-0.39, 0.29) is 12.6 Å². The molecule has 1 aromatic carbocycles. The third-order valence-electron chi connectivity index (χ3n) is 2.08. The zero-order chi connectivity index (χ0) is 11.3. The molecule has 0 atom stereocenters. The Morgan fingerprint density at radius 1 is 1.40 bits per heavy atom. The van der Waals surface area contributed by atoms with E-state index in [2.05, 4.69) is 9.85 Å². The molecule has 3 heteroatoms. The highest BCUT2D eigenvalue weighted by Gasteiger charge is 2.06. The fraction of sp³-hybridized carbons (Fsp3) is 0.250. The Balaban J connectivity index is 2.72. The van der Waals surface area contributed by atoms with E-state index in [9.17, 15) is 4.79 Å². The fourth-order valence-electron chi connectivity index (χ4n) is 1.08. The number of rotatable bonds is 2. The van der Waals surface area contributed by atoms with Gasteiger partial charge in [-0.25, -0.2) is 4.79 Å².